The van der Waals surface area contributed by atoms with E-state index in [0.29, 0.717) is 22.8 Å². The average molecular weight is 511 g/mol. The molecule has 6 nitrogen and oxygen atoms in total. The summed E-state index contributed by atoms with van der Waals surface area (Å²) in [6, 6.07) is 6.37. The van der Waals surface area contributed by atoms with Crippen LogP contribution >= 0.6 is 23.2 Å². The highest BCUT2D eigenvalue weighted by atomic mass is 35.5. The Hall–Kier alpha value is -2.91. The number of allylic oxidation sites excluding steroid dienone is 1. The summed E-state index contributed by atoms with van der Waals surface area (Å²) < 4.78 is 46.9. The Bertz CT molecular complexity index is 1280. The van der Waals surface area contributed by atoms with Gasteiger partial charge in [0.05, 0.1) is 34.2 Å². The molecule has 1 fully saturated rings. The number of carbonyl (C=O) groups excluding carboxylic acids is 1. The zero-order valence-electron chi connectivity index (χ0n) is 17.9. The van der Waals surface area contributed by atoms with Crippen LogP contribution in [0.4, 0.5) is 19.0 Å². The summed E-state index contributed by atoms with van der Waals surface area (Å²) >= 11 is 12.3. The summed E-state index contributed by atoms with van der Waals surface area (Å²) in [6.07, 6.45) is 0.0653. The van der Waals surface area contributed by atoms with Crippen molar-refractivity contribution in [2.45, 2.75) is 38.0 Å². The first-order valence-corrected chi connectivity index (χ1v) is 11.3. The largest absolute Gasteiger partial charge is 0.472 e. The van der Waals surface area contributed by atoms with E-state index in [-0.39, 0.29) is 28.4 Å². The van der Waals surface area contributed by atoms with Gasteiger partial charge in [0.25, 0.3) is 5.91 Å². The van der Waals surface area contributed by atoms with Gasteiger partial charge in [-0.3, -0.25) is 4.79 Å². The van der Waals surface area contributed by atoms with E-state index in [0.717, 1.165) is 24.5 Å². The molecule has 0 bridgehead atoms. The van der Waals surface area contributed by atoms with Crippen LogP contribution in [0.1, 0.15) is 48.7 Å². The van der Waals surface area contributed by atoms with E-state index < -0.39 is 17.9 Å². The SMILES string of the molecule is CC1=C(C(=O)N2CCCC2c2ccoc2)C(c2ccc(Cl)c(Cl)c2)n2nc(C(F)(F)F)cc2N1. The monoisotopic (exact) mass is 510 g/mol. The van der Waals surface area contributed by atoms with E-state index in [9.17, 15) is 18.0 Å². The molecular formula is C23H19Cl2F3N4O2. The van der Waals surface area contributed by atoms with Gasteiger partial charge in [0.15, 0.2) is 5.69 Å². The number of carbonyl (C=O) groups is 1. The van der Waals surface area contributed by atoms with Crippen LogP contribution in [0, 0.1) is 0 Å². The van der Waals surface area contributed by atoms with Crippen LogP contribution in [0.2, 0.25) is 10.0 Å². The Labute approximate surface area is 202 Å². The lowest BCUT2D eigenvalue weighted by Gasteiger charge is -2.33. The summed E-state index contributed by atoms with van der Waals surface area (Å²) in [5, 5.41) is 7.29. The number of aromatic nitrogens is 2. The van der Waals surface area contributed by atoms with E-state index in [2.05, 4.69) is 10.4 Å². The third-order valence-electron chi connectivity index (χ3n) is 6.20. The minimum Gasteiger partial charge on any atom is -0.472 e. The van der Waals surface area contributed by atoms with Crippen molar-refractivity contribution in [1.82, 2.24) is 14.7 Å². The lowest BCUT2D eigenvalue weighted by molar-refractivity contribution is -0.141. The predicted octanol–water partition coefficient (Wildman–Crippen LogP) is 6.45. The summed E-state index contributed by atoms with van der Waals surface area (Å²) in [7, 11) is 0. The first-order chi connectivity index (χ1) is 16.1. The smallest absolute Gasteiger partial charge is 0.435 e. The molecule has 0 aliphatic carbocycles. The maximum Gasteiger partial charge on any atom is 0.435 e. The number of nitrogens with one attached hydrogen (secondary N) is 1. The highest BCUT2D eigenvalue weighted by Gasteiger charge is 2.42. The lowest BCUT2D eigenvalue weighted by atomic mass is 9.94. The van der Waals surface area contributed by atoms with E-state index >= 15 is 0 Å². The fourth-order valence-corrected chi connectivity index (χ4v) is 4.96. The van der Waals surface area contributed by atoms with Crippen molar-refractivity contribution in [1.29, 1.82) is 0 Å². The summed E-state index contributed by atoms with van der Waals surface area (Å²) in [6.45, 7) is 2.18. The maximum atomic E-state index is 13.9. The average Bonchev–Trinajstić information content (AvgIpc) is 3.53. The number of hydrogen-bond donors (Lipinski definition) is 1. The minimum absolute atomic E-state index is 0.130. The Morgan fingerprint density at radius 2 is 1.97 bits per heavy atom. The van der Waals surface area contributed by atoms with Crippen molar-refractivity contribution in [3.05, 3.63) is 81.0 Å². The van der Waals surface area contributed by atoms with Crippen molar-refractivity contribution >= 4 is 34.9 Å². The van der Waals surface area contributed by atoms with Crippen LogP contribution in [0.15, 0.2) is 58.5 Å². The van der Waals surface area contributed by atoms with Crippen LogP contribution in [0.25, 0.3) is 0 Å². The second-order valence-corrected chi connectivity index (χ2v) is 9.12. The van der Waals surface area contributed by atoms with Crippen molar-refractivity contribution in [3.8, 4) is 0 Å². The van der Waals surface area contributed by atoms with Gasteiger partial charge in [-0.2, -0.15) is 18.3 Å². The number of alkyl halides is 3. The van der Waals surface area contributed by atoms with Gasteiger partial charge in [0, 0.05) is 23.9 Å². The molecule has 11 heteroatoms. The second kappa shape index (κ2) is 8.39. The highest BCUT2D eigenvalue weighted by Crippen LogP contribution is 2.43. The van der Waals surface area contributed by atoms with Gasteiger partial charge in [-0.1, -0.05) is 29.3 Å². The number of furan rings is 1. The molecule has 2 aliphatic rings. The highest BCUT2D eigenvalue weighted by molar-refractivity contribution is 6.42. The van der Waals surface area contributed by atoms with Crippen molar-refractivity contribution in [2.75, 3.05) is 11.9 Å². The van der Waals surface area contributed by atoms with Gasteiger partial charge >= 0.3 is 6.18 Å². The molecule has 1 aromatic carbocycles. The van der Waals surface area contributed by atoms with Crippen LogP contribution < -0.4 is 5.32 Å². The number of benzene rings is 1. The summed E-state index contributed by atoms with van der Waals surface area (Å²) in [5.41, 5.74) is 1.05. The summed E-state index contributed by atoms with van der Waals surface area (Å²) in [5.74, 6) is -0.162. The molecule has 0 saturated carbocycles. The van der Waals surface area contributed by atoms with Crippen molar-refractivity contribution in [3.63, 3.8) is 0 Å². The molecule has 2 aromatic heterocycles. The molecule has 1 N–H and O–H groups in total. The summed E-state index contributed by atoms with van der Waals surface area (Å²) in [4.78, 5) is 15.7. The molecule has 1 saturated heterocycles. The molecule has 2 atom stereocenters. The predicted molar refractivity (Wildman–Crippen MR) is 121 cm³/mol. The van der Waals surface area contributed by atoms with Gasteiger partial charge in [0.2, 0.25) is 0 Å². The Morgan fingerprint density at radius 1 is 1.18 bits per heavy atom. The van der Waals surface area contributed by atoms with Gasteiger partial charge in [-0.15, -0.1) is 0 Å². The standard InChI is InChI=1S/C23H19Cl2F3N4O2/c1-12-20(22(33)31-7-2-3-17(31)14-6-8-34-11-14)21(13-4-5-15(24)16(25)9-13)32-19(29-12)10-18(30-32)23(26,27)28/h4-6,8-11,17,21,29H,2-3,7H2,1H3. The molecule has 0 radical (unpaired) electrons. The Morgan fingerprint density at radius 3 is 2.65 bits per heavy atom. The number of anilines is 1. The van der Waals surface area contributed by atoms with E-state index in [1.165, 1.54) is 4.68 Å². The number of likely N-dealkylation sites (tertiary alicyclic amines) is 1. The third-order valence-corrected chi connectivity index (χ3v) is 6.93. The first kappa shape index (κ1) is 22.9. The van der Waals surface area contributed by atoms with E-state index in [4.69, 9.17) is 27.6 Å². The van der Waals surface area contributed by atoms with Crippen molar-refractivity contribution < 1.29 is 22.4 Å². The Balaban J connectivity index is 1.63. The number of fused-ring (bicyclic) bond motifs is 1. The normalized spacial score (nSPS) is 20.5. The molecule has 34 heavy (non-hydrogen) atoms. The lowest BCUT2D eigenvalue weighted by Crippen LogP contribution is -2.38. The number of amides is 1. The zero-order valence-corrected chi connectivity index (χ0v) is 19.4. The van der Waals surface area contributed by atoms with E-state index in [1.54, 1.807) is 42.5 Å². The van der Waals surface area contributed by atoms with Crippen LogP contribution in [-0.2, 0) is 11.0 Å². The molecule has 2 unspecified atom stereocenters. The quantitative estimate of drug-likeness (QED) is 0.439. The fourth-order valence-electron chi connectivity index (χ4n) is 4.65. The molecule has 178 valence electrons. The molecule has 1 amide bonds. The topological polar surface area (TPSA) is 63.3 Å². The molecule has 5 rings (SSSR count). The third kappa shape index (κ3) is 3.86. The zero-order chi connectivity index (χ0) is 24.2. The first-order valence-electron chi connectivity index (χ1n) is 10.6. The van der Waals surface area contributed by atoms with Gasteiger partial charge in [-0.25, -0.2) is 4.68 Å². The molecule has 3 aromatic rings. The minimum atomic E-state index is -4.65. The molecular weight excluding hydrogens is 492 g/mol. The second-order valence-electron chi connectivity index (χ2n) is 8.31. The number of nitrogens with zero attached hydrogens (tertiary/aromatic N) is 3. The number of halogens is 5. The molecule has 4 heterocycles. The fraction of sp³-hybridized carbons (Fsp3) is 0.304. The van der Waals surface area contributed by atoms with Gasteiger partial charge < -0.3 is 14.6 Å². The van der Waals surface area contributed by atoms with Crippen molar-refractivity contribution in [2.24, 2.45) is 0 Å². The van der Waals surface area contributed by atoms with Crippen LogP contribution in [0.3, 0.4) is 0 Å². The maximum absolute atomic E-state index is 13.9. The van der Waals surface area contributed by atoms with Gasteiger partial charge in [-0.05, 0) is 43.5 Å². The molecule has 0 spiro atoms. The van der Waals surface area contributed by atoms with Crippen LogP contribution in [-0.4, -0.2) is 27.1 Å². The Kier molecular flexibility index (Phi) is 5.64. The number of hydrogen-bond acceptors (Lipinski definition) is 4. The number of rotatable bonds is 3. The molecule has 2 aliphatic heterocycles. The van der Waals surface area contributed by atoms with E-state index in [1.807, 2.05) is 6.07 Å². The van der Waals surface area contributed by atoms with Crippen LogP contribution in [0.5, 0.6) is 0 Å². The van der Waals surface area contributed by atoms with Gasteiger partial charge in [0.1, 0.15) is 11.9 Å².